The van der Waals surface area contributed by atoms with Gasteiger partial charge in [0.1, 0.15) is 12.2 Å². The van der Waals surface area contributed by atoms with Gasteiger partial charge in [0, 0.05) is 47.0 Å². The van der Waals surface area contributed by atoms with Gasteiger partial charge in [0.15, 0.2) is 5.78 Å². The number of azide groups is 2. The summed E-state index contributed by atoms with van der Waals surface area (Å²) in [6.45, 7) is 3.33. The van der Waals surface area contributed by atoms with Crippen LogP contribution in [0.25, 0.3) is 20.9 Å². The van der Waals surface area contributed by atoms with Crippen LogP contribution in [0.2, 0.25) is 0 Å². The number of carbonyl (C=O) groups is 3. The number of aliphatic carboxylic acids is 2. The van der Waals surface area contributed by atoms with Crippen LogP contribution in [0.4, 0.5) is 0 Å². The molecule has 5 saturated heterocycles. The molecule has 710 valence electrons. The van der Waals surface area contributed by atoms with Crippen LogP contribution in [0.3, 0.4) is 0 Å². The molecule has 6 aromatic carbocycles. The van der Waals surface area contributed by atoms with E-state index in [-0.39, 0.29) is 338 Å². The normalized spacial score (nSPS) is 23.2. The summed E-state index contributed by atoms with van der Waals surface area (Å²) in [5.41, 5.74) is 22.4. The molecule has 0 aliphatic carbocycles. The van der Waals surface area contributed by atoms with Crippen LogP contribution < -0.4 is 222 Å². The number of nitrogens with zero attached hydrogens (tertiary/aromatic N) is 6. The van der Waals surface area contributed by atoms with Gasteiger partial charge in [-0.05, 0) is 45.8 Å². The van der Waals surface area contributed by atoms with Gasteiger partial charge in [-0.3, -0.25) is 25.7 Å². The zero-order valence-electron chi connectivity index (χ0n) is 74.2. The number of nitrogens with one attached hydrogen (secondary N) is 1. The Morgan fingerprint density at radius 1 is 0.403 bits per heavy atom. The second-order valence-corrected chi connectivity index (χ2v) is 32.6. The summed E-state index contributed by atoms with van der Waals surface area (Å²) in [5, 5.41) is 32.1. The summed E-state index contributed by atoms with van der Waals surface area (Å²) in [6, 6.07) is 54.6. The largest absolute Gasteiger partial charge is 1.00 e. The van der Waals surface area contributed by atoms with Gasteiger partial charge in [0.05, 0.1) is 183 Å². The first-order chi connectivity index (χ1) is 57.9. The predicted molar refractivity (Wildman–Crippen MR) is 432 cm³/mol. The van der Waals surface area contributed by atoms with E-state index in [4.69, 9.17) is 58.4 Å². The minimum absolute atomic E-state index is 0. The molecule has 5 heterocycles. The van der Waals surface area contributed by atoms with E-state index >= 15 is 0 Å². The molecule has 46 nitrogen and oxygen atoms in total. The van der Waals surface area contributed by atoms with Crippen molar-refractivity contribution in [1.29, 1.82) is 0 Å². The quantitative estimate of drug-likeness (QED) is 0.00726. The Morgan fingerprint density at radius 3 is 1.12 bits per heavy atom. The first-order valence-electron chi connectivity index (χ1n) is 37.2. The first-order valence-corrected chi connectivity index (χ1v) is 43.9. The van der Waals surface area contributed by atoms with Crippen LogP contribution in [0.15, 0.2) is 192 Å². The molecule has 9 N–H and O–H groups in total. The van der Waals surface area contributed by atoms with Crippen LogP contribution in [-0.2, 0) is 163 Å². The van der Waals surface area contributed by atoms with Gasteiger partial charge in [0.25, 0.3) is 0 Å². The van der Waals surface area contributed by atoms with Gasteiger partial charge in [-0.25, -0.2) is 42.1 Å². The molecule has 11 rings (SSSR count). The van der Waals surface area contributed by atoms with Crippen LogP contribution >= 0.6 is 0 Å². The van der Waals surface area contributed by atoms with Crippen LogP contribution in [0.5, 0.6) is 0 Å². The molecule has 0 radical (unpaired) electrons. The van der Waals surface area contributed by atoms with E-state index in [9.17, 15) is 89.4 Å². The molecule has 0 aromatic heterocycles. The number of carboxylic acid groups (broad SMARTS) is 2. The summed E-state index contributed by atoms with van der Waals surface area (Å²) in [7, 11) is -24.5. The minimum Gasteiger partial charge on any atom is -0.726 e. The van der Waals surface area contributed by atoms with E-state index in [1.807, 2.05) is 133 Å². The van der Waals surface area contributed by atoms with Gasteiger partial charge < -0.3 is 117 Å². The monoisotopic (exact) mass is 2060 g/mol. The van der Waals surface area contributed by atoms with Crippen LogP contribution in [0, 0.1) is 5.92 Å². The number of hydrogen-bond acceptors (Lipinski definition) is 38. The van der Waals surface area contributed by atoms with E-state index in [1.165, 1.54) is 0 Å². The fraction of sp³-hybridized carbons (Fsp3) is 0.487. The Hall–Kier alpha value is -1.70. The Balaban J connectivity index is -0.000000376. The molecule has 0 bridgehead atoms. The zero-order valence-corrected chi connectivity index (χ0v) is 92.3. The second-order valence-electron chi connectivity index (χ2n) is 27.4. The third-order valence-corrected chi connectivity index (χ3v) is 20.8. The smallest absolute Gasteiger partial charge is 0.726 e. The van der Waals surface area contributed by atoms with Gasteiger partial charge in [-0.1, -0.05) is 207 Å². The maximum atomic E-state index is 12.5. The van der Waals surface area contributed by atoms with Crippen LogP contribution in [0.1, 0.15) is 85.1 Å². The summed E-state index contributed by atoms with van der Waals surface area (Å²) in [6.07, 6.45) is -9.82. The third kappa shape index (κ3) is 57.7. The van der Waals surface area contributed by atoms with Gasteiger partial charge in [0.2, 0.25) is 52.0 Å². The van der Waals surface area contributed by atoms with Crippen LogP contribution in [-0.4, -0.2) is 255 Å². The predicted octanol–water partition coefficient (Wildman–Crippen LogP) is -20.4. The fourth-order valence-corrected chi connectivity index (χ4v) is 14.5. The molecule has 0 amide bonds. The molecule has 17 atom stereocenters. The topological polar surface area (TPSA) is 757 Å². The molecule has 134 heavy (non-hydrogen) atoms. The molecule has 6 aromatic rings. The van der Waals surface area contributed by atoms with Crippen molar-refractivity contribution in [2.75, 3.05) is 52.8 Å². The Labute approximate surface area is 932 Å². The molecule has 0 spiro atoms. The van der Waals surface area contributed by atoms with E-state index in [0.29, 0.717) is 38.4 Å². The number of benzene rings is 6. The average molecular weight is 2060 g/mol. The number of ketones is 1. The number of carboxylic acids is 2. The molecular weight excluding hydrogens is 1960 g/mol. The summed E-state index contributed by atoms with van der Waals surface area (Å²) in [5.74, 6) is -3.04. The maximum Gasteiger partial charge on any atom is 1.00 e. The SMILES string of the molecule is C.C[C@@H]1C(COS(=O)(=O)[O-])OCC(N=[N+]=[N-])C1OCc1ccccc1.C[C@H]1OC(COS(=O)(=O)[O-])CC(OCc2ccccc2)C1NCC(=O)c1ccccc1.O.O.O.O.O=C([O-])C1CC(OCc2ccccc2)C(OCc2ccccc2)CO1.O=C([O-])C1CC(OCc2ccccc2)C(OS(=O)(=O)[O-])CO1.[N-]=[N+]=NC1COC(COS(=O)(=O)[O-])CC1OS(=O)(=O)[O-].[Na+].[Na+].[Na+].[Na+].[Na+].[Na+].[Na+]. The summed E-state index contributed by atoms with van der Waals surface area (Å²) >= 11 is 0. The van der Waals surface area contributed by atoms with Crippen molar-refractivity contribution in [3.05, 3.63) is 236 Å². The van der Waals surface area contributed by atoms with Gasteiger partial charge in [-0.2, -0.15) is 0 Å². The number of Topliss-reactive ketones (excluding diaryl/α,β-unsaturated/α-hetero) is 1. The molecule has 5 fully saturated rings. The average Bonchev–Trinajstić information content (AvgIpc) is 0.819. The molecule has 0 saturated carbocycles. The molecule has 5 aliphatic rings. The number of ether oxygens (including phenoxy) is 10. The molecule has 15 unspecified atom stereocenters. The van der Waals surface area contributed by atoms with Crippen molar-refractivity contribution < 1.29 is 387 Å². The minimum atomic E-state index is -5.05. The number of hydrogen-bond donors (Lipinski definition) is 1. The van der Waals surface area contributed by atoms with Crippen molar-refractivity contribution in [1.82, 2.24) is 5.32 Å². The van der Waals surface area contributed by atoms with Crippen molar-refractivity contribution in [2.24, 2.45) is 16.1 Å². The van der Waals surface area contributed by atoms with E-state index in [1.54, 1.807) is 62.4 Å². The fourth-order valence-electron chi connectivity index (χ4n) is 12.6. The Bertz CT molecular complexity index is 4930. The third-order valence-electron chi connectivity index (χ3n) is 18.5. The maximum absolute atomic E-state index is 12.5. The first kappa shape index (κ1) is 143. The van der Waals surface area contributed by atoms with E-state index in [0.717, 1.165) is 27.8 Å². The molecule has 58 heteroatoms. The van der Waals surface area contributed by atoms with E-state index in [2.05, 4.69) is 46.3 Å². The Morgan fingerprint density at radius 2 is 0.731 bits per heavy atom. The van der Waals surface area contributed by atoms with Crippen molar-refractivity contribution in [3.8, 4) is 0 Å². The molecule has 5 aliphatic heterocycles. The van der Waals surface area contributed by atoms with Crippen molar-refractivity contribution >= 4 is 69.7 Å². The number of carbonyl (C=O) groups excluding carboxylic acids is 3. The summed E-state index contributed by atoms with van der Waals surface area (Å²) < 4.78 is 236. The standard InChI is InChI=1S/C22H27NO7S.C20H22O5.C14H19N3O6S.C13H16O8S.C6H11N3O9S2.CH4.7Na.4H2O/c1-16-22(23-13-20(24)18-10-6-3-7-11-18)21(28-14-17-8-4-2-5-9-17)12-19(30-16)15-29-31(25,26)27;21-20(22)18-11-17(23-12-15-7-3-1-4-8-15)19(14-25-18)24-13-16-9-5-2-6-10-16;1-10-13(9-23-24(18,19)20)21-8-12(16-17-15)14(10)22-7-11-5-3-2-4-6-11;14-13(15)11-6-10(12(8-20-11)21-22(16,17)18)19-7-9-4-2-1-3-5-9;7-9-8-5-3-16-4(2-17-19(10,11)12)1-6(5)18-20(13,14)15;;;;;;;;;;;;/h2-11,16,19,21-23H,12-15H2,1H3,(H,25,26,27);1-10,17-19H,11-14H2,(H,21,22);2-6,10,12-14H,7-9H2,1H3,(H,18,19,20);1-5,10-12H,6-8H2,(H,14,15)(H,16,17,18);4-6H,1-3H2,(H,10,11,12)(H,13,14,15);1H4;;;;;;;;4*1H2/q;;;;;;7*+1;;;;/p-7/t16-,19?,21?,22?;;10-,12?,13?,14?;;;;;;;;;;;;;;/m1.1............../s1. The van der Waals surface area contributed by atoms with E-state index < -0.39 is 150 Å². The Kier molecular flexibility index (Phi) is 79.2. The zero-order chi connectivity index (χ0) is 88.9. The van der Waals surface area contributed by atoms with Gasteiger partial charge >= 0.3 is 207 Å². The summed E-state index contributed by atoms with van der Waals surface area (Å²) in [4.78, 5) is 39.7. The number of rotatable bonds is 36. The molecular formula is C76H100N7Na7O39S5. The van der Waals surface area contributed by atoms with Crippen molar-refractivity contribution in [2.45, 2.75) is 177 Å². The second kappa shape index (κ2) is 74.2. The van der Waals surface area contributed by atoms with Gasteiger partial charge in [-0.15, -0.1) is 0 Å². The van der Waals surface area contributed by atoms with Crippen molar-refractivity contribution in [3.63, 3.8) is 0 Å².